The molecule has 1 saturated heterocycles. The Hall–Kier alpha value is -0.570. The number of benzene rings is 1. The summed E-state index contributed by atoms with van der Waals surface area (Å²) in [5.74, 6) is 0.808. The lowest BCUT2D eigenvalue weighted by Gasteiger charge is -2.26. The molecule has 1 N–H and O–H groups in total. The molecule has 0 amide bonds. The third kappa shape index (κ3) is 3.13. The van der Waals surface area contributed by atoms with Crippen LogP contribution < -0.4 is 5.32 Å². The fourth-order valence-electron chi connectivity index (χ4n) is 3.08. The second kappa shape index (κ2) is 5.82. The van der Waals surface area contributed by atoms with Crippen molar-refractivity contribution in [2.75, 3.05) is 6.61 Å². The number of ether oxygens (including phenoxy) is 1. The van der Waals surface area contributed by atoms with Crippen molar-refractivity contribution < 1.29 is 4.74 Å². The Kier molecular flexibility index (Phi) is 4.11. The van der Waals surface area contributed by atoms with E-state index in [9.17, 15) is 0 Å². The fraction of sp³-hybridized carbons (Fsp3) is 0.625. The van der Waals surface area contributed by atoms with Gasteiger partial charge in [-0.3, -0.25) is 0 Å². The van der Waals surface area contributed by atoms with Crippen molar-refractivity contribution in [1.82, 2.24) is 5.32 Å². The smallest absolute Gasteiger partial charge is 0.0757 e. The highest BCUT2D eigenvalue weighted by Gasteiger charge is 2.41. The van der Waals surface area contributed by atoms with E-state index in [0.29, 0.717) is 18.2 Å². The first-order chi connectivity index (χ1) is 9.28. The van der Waals surface area contributed by atoms with Crippen LogP contribution in [-0.4, -0.2) is 18.8 Å². The van der Waals surface area contributed by atoms with Crippen LogP contribution in [0, 0.1) is 5.92 Å². The second-order valence-electron chi connectivity index (χ2n) is 5.75. The van der Waals surface area contributed by atoms with E-state index in [0.717, 1.165) is 30.4 Å². The molecule has 3 atom stereocenters. The van der Waals surface area contributed by atoms with Crippen LogP contribution in [0.3, 0.4) is 0 Å². The summed E-state index contributed by atoms with van der Waals surface area (Å²) < 4.78 is 5.91. The average Bonchev–Trinajstić information content (AvgIpc) is 3.17. The molecule has 0 bridgehead atoms. The number of rotatable bonds is 5. The van der Waals surface area contributed by atoms with E-state index in [2.05, 4.69) is 24.4 Å². The Bertz CT molecular complexity index is 415. The van der Waals surface area contributed by atoms with E-state index in [4.69, 9.17) is 16.3 Å². The standard InChI is InChI=1S/C16H22ClNO/c1-2-14(11-5-7-13(17)8-6-11)18-15-9-10-19-16(15)12-3-4-12/h5-8,12,14-16,18H,2-4,9-10H2,1H3. The quantitative estimate of drug-likeness (QED) is 0.881. The van der Waals surface area contributed by atoms with E-state index in [1.54, 1.807) is 0 Å². The fourth-order valence-corrected chi connectivity index (χ4v) is 3.21. The first kappa shape index (κ1) is 13.4. The minimum Gasteiger partial charge on any atom is -0.376 e. The molecular weight excluding hydrogens is 258 g/mol. The maximum atomic E-state index is 5.96. The monoisotopic (exact) mass is 279 g/mol. The molecule has 0 spiro atoms. The lowest BCUT2D eigenvalue weighted by atomic mass is 10.00. The van der Waals surface area contributed by atoms with Gasteiger partial charge in [0.25, 0.3) is 0 Å². The van der Waals surface area contributed by atoms with Crippen molar-refractivity contribution in [3.63, 3.8) is 0 Å². The molecule has 2 fully saturated rings. The number of halogens is 1. The maximum absolute atomic E-state index is 5.96. The number of nitrogens with one attached hydrogen (secondary N) is 1. The van der Waals surface area contributed by atoms with E-state index in [1.165, 1.54) is 18.4 Å². The Morgan fingerprint density at radius 3 is 2.63 bits per heavy atom. The summed E-state index contributed by atoms with van der Waals surface area (Å²) in [6.07, 6.45) is 5.38. The molecule has 1 aromatic rings. The zero-order chi connectivity index (χ0) is 13.2. The molecule has 1 saturated carbocycles. The average molecular weight is 280 g/mol. The Morgan fingerprint density at radius 1 is 1.26 bits per heavy atom. The topological polar surface area (TPSA) is 21.3 Å². The van der Waals surface area contributed by atoms with Gasteiger partial charge in [-0.05, 0) is 49.3 Å². The predicted octanol–water partition coefficient (Wildman–Crippen LogP) is 3.95. The highest BCUT2D eigenvalue weighted by molar-refractivity contribution is 6.30. The highest BCUT2D eigenvalue weighted by atomic mass is 35.5. The molecule has 2 nitrogen and oxygen atoms in total. The molecule has 3 heteroatoms. The Balaban J connectivity index is 1.67. The van der Waals surface area contributed by atoms with Crippen molar-refractivity contribution in [2.24, 2.45) is 5.92 Å². The zero-order valence-corrected chi connectivity index (χ0v) is 12.2. The summed E-state index contributed by atoms with van der Waals surface area (Å²) in [7, 11) is 0. The minimum atomic E-state index is 0.408. The molecule has 3 unspecified atom stereocenters. The van der Waals surface area contributed by atoms with Gasteiger partial charge in [0.2, 0.25) is 0 Å². The molecule has 3 rings (SSSR count). The van der Waals surface area contributed by atoms with Gasteiger partial charge in [0.15, 0.2) is 0 Å². The molecule has 2 aliphatic rings. The van der Waals surface area contributed by atoms with E-state index in [1.807, 2.05) is 12.1 Å². The van der Waals surface area contributed by atoms with Crippen LogP contribution >= 0.6 is 11.6 Å². The van der Waals surface area contributed by atoms with E-state index in [-0.39, 0.29) is 0 Å². The maximum Gasteiger partial charge on any atom is 0.0757 e. The molecule has 0 aromatic heterocycles. The van der Waals surface area contributed by atoms with Gasteiger partial charge in [0.05, 0.1) is 6.10 Å². The van der Waals surface area contributed by atoms with Gasteiger partial charge in [-0.2, -0.15) is 0 Å². The van der Waals surface area contributed by atoms with Crippen LogP contribution in [-0.2, 0) is 4.74 Å². The molecule has 1 aromatic carbocycles. The summed E-state index contributed by atoms with van der Waals surface area (Å²) in [5.41, 5.74) is 1.33. The van der Waals surface area contributed by atoms with Crippen molar-refractivity contribution in [1.29, 1.82) is 0 Å². The van der Waals surface area contributed by atoms with Crippen LogP contribution in [0.25, 0.3) is 0 Å². The third-order valence-electron chi connectivity index (χ3n) is 4.32. The highest BCUT2D eigenvalue weighted by Crippen LogP contribution is 2.39. The summed E-state index contributed by atoms with van der Waals surface area (Å²) in [5, 5.41) is 4.61. The van der Waals surface area contributed by atoms with E-state index >= 15 is 0 Å². The Labute approximate surface area is 120 Å². The van der Waals surface area contributed by atoms with Gasteiger partial charge in [-0.15, -0.1) is 0 Å². The van der Waals surface area contributed by atoms with Gasteiger partial charge in [0, 0.05) is 23.7 Å². The van der Waals surface area contributed by atoms with Crippen LogP contribution in [0.2, 0.25) is 5.02 Å². The van der Waals surface area contributed by atoms with Crippen molar-refractivity contribution in [3.8, 4) is 0 Å². The lowest BCUT2D eigenvalue weighted by Crippen LogP contribution is -2.39. The summed E-state index contributed by atoms with van der Waals surface area (Å²) in [6, 6.07) is 9.14. The number of hydrogen-bond acceptors (Lipinski definition) is 2. The van der Waals surface area contributed by atoms with Crippen LogP contribution in [0.4, 0.5) is 0 Å². The van der Waals surface area contributed by atoms with Crippen molar-refractivity contribution >= 4 is 11.6 Å². The summed E-state index contributed by atoms with van der Waals surface area (Å²) >= 11 is 5.96. The molecular formula is C16H22ClNO. The molecule has 1 aliphatic heterocycles. The van der Waals surface area contributed by atoms with Crippen LogP contribution in [0.15, 0.2) is 24.3 Å². The Morgan fingerprint density at radius 2 is 2.00 bits per heavy atom. The van der Waals surface area contributed by atoms with Crippen molar-refractivity contribution in [3.05, 3.63) is 34.9 Å². The molecule has 1 aliphatic carbocycles. The van der Waals surface area contributed by atoms with Gasteiger partial charge < -0.3 is 10.1 Å². The minimum absolute atomic E-state index is 0.408. The summed E-state index contributed by atoms with van der Waals surface area (Å²) in [4.78, 5) is 0. The van der Waals surface area contributed by atoms with Crippen LogP contribution in [0.1, 0.15) is 44.2 Å². The van der Waals surface area contributed by atoms with E-state index < -0.39 is 0 Å². The van der Waals surface area contributed by atoms with Gasteiger partial charge in [-0.25, -0.2) is 0 Å². The predicted molar refractivity (Wildman–Crippen MR) is 78.5 cm³/mol. The van der Waals surface area contributed by atoms with Crippen molar-refractivity contribution in [2.45, 2.75) is 50.8 Å². The molecule has 1 heterocycles. The first-order valence-corrected chi connectivity index (χ1v) is 7.79. The SMILES string of the molecule is CCC(NC1CCOC1C1CC1)c1ccc(Cl)cc1. The first-order valence-electron chi connectivity index (χ1n) is 7.41. The number of hydrogen-bond donors (Lipinski definition) is 1. The second-order valence-corrected chi connectivity index (χ2v) is 6.18. The normalized spacial score (nSPS) is 28.5. The molecule has 19 heavy (non-hydrogen) atoms. The molecule has 104 valence electrons. The largest absolute Gasteiger partial charge is 0.376 e. The van der Waals surface area contributed by atoms with Crippen LogP contribution in [0.5, 0.6) is 0 Å². The molecule has 0 radical (unpaired) electrons. The van der Waals surface area contributed by atoms with Gasteiger partial charge in [0.1, 0.15) is 0 Å². The third-order valence-corrected chi connectivity index (χ3v) is 4.57. The summed E-state index contributed by atoms with van der Waals surface area (Å²) in [6.45, 7) is 3.14. The van der Waals surface area contributed by atoms with Gasteiger partial charge >= 0.3 is 0 Å². The zero-order valence-electron chi connectivity index (χ0n) is 11.4. The van der Waals surface area contributed by atoms with Gasteiger partial charge in [-0.1, -0.05) is 30.7 Å². The lowest BCUT2D eigenvalue weighted by molar-refractivity contribution is 0.0787.